The third-order valence-electron chi connectivity index (χ3n) is 3.12. The van der Waals surface area contributed by atoms with Crippen LogP contribution in [0.2, 0.25) is 0 Å². The third-order valence-corrected chi connectivity index (χ3v) is 4.02. The maximum atomic E-state index is 4.30. The quantitative estimate of drug-likeness (QED) is 0.855. The number of nitrogens with one attached hydrogen (secondary N) is 1. The van der Waals surface area contributed by atoms with Crippen molar-refractivity contribution >= 4 is 11.8 Å². The Morgan fingerprint density at radius 3 is 3.25 bits per heavy atom. The molecule has 0 saturated carbocycles. The average molecular weight is 239 g/mol. The molecule has 0 spiro atoms. The van der Waals surface area contributed by atoms with Gasteiger partial charge in [0, 0.05) is 18.8 Å². The largest absolute Gasteiger partial charge is 0.333 e. The van der Waals surface area contributed by atoms with Crippen LogP contribution in [0.1, 0.15) is 31.5 Å². The van der Waals surface area contributed by atoms with Crippen LogP contribution >= 0.6 is 11.8 Å². The monoisotopic (exact) mass is 239 g/mol. The van der Waals surface area contributed by atoms with Crippen LogP contribution in [0.3, 0.4) is 0 Å². The molecule has 0 aromatic carbocycles. The van der Waals surface area contributed by atoms with Crippen LogP contribution in [0.5, 0.6) is 0 Å². The third kappa shape index (κ3) is 2.80. The molecule has 1 aliphatic rings. The van der Waals surface area contributed by atoms with Crippen LogP contribution < -0.4 is 5.32 Å². The topological polar surface area (TPSA) is 29.9 Å². The second-order valence-electron chi connectivity index (χ2n) is 4.68. The Kier molecular flexibility index (Phi) is 4.29. The molecule has 0 bridgehead atoms. The van der Waals surface area contributed by atoms with E-state index in [2.05, 4.69) is 28.0 Å². The molecule has 1 saturated heterocycles. The van der Waals surface area contributed by atoms with Crippen molar-refractivity contribution in [2.75, 3.05) is 18.6 Å². The number of thioether (sulfide) groups is 1. The van der Waals surface area contributed by atoms with Crippen LogP contribution in [0.25, 0.3) is 0 Å². The minimum Gasteiger partial charge on any atom is -0.333 e. The molecule has 1 unspecified atom stereocenters. The van der Waals surface area contributed by atoms with Crippen LogP contribution in [0, 0.1) is 5.92 Å². The zero-order chi connectivity index (χ0) is 11.4. The Hall–Kier alpha value is -0.480. The second-order valence-corrected chi connectivity index (χ2v) is 5.59. The minimum absolute atomic E-state index is 0.531. The summed E-state index contributed by atoms with van der Waals surface area (Å²) in [6.07, 6.45) is 8.71. The standard InChI is InChI=1S/C12H21N3S/c1-10(8-16-2)7-15-9-13-6-12(15)11-4-3-5-14-11/h6,9-11,14H,3-5,7-8H2,1-2H3/t10?,11-/m0/s1. The van der Waals surface area contributed by atoms with Gasteiger partial charge in [0.15, 0.2) is 0 Å². The summed E-state index contributed by atoms with van der Waals surface area (Å²) in [6.45, 7) is 4.55. The fraction of sp³-hybridized carbons (Fsp3) is 0.750. The number of rotatable bonds is 5. The molecule has 1 aliphatic heterocycles. The van der Waals surface area contributed by atoms with Gasteiger partial charge >= 0.3 is 0 Å². The van der Waals surface area contributed by atoms with E-state index in [1.165, 1.54) is 24.3 Å². The van der Waals surface area contributed by atoms with Gasteiger partial charge in [0.05, 0.1) is 12.0 Å². The van der Waals surface area contributed by atoms with Gasteiger partial charge in [0.25, 0.3) is 0 Å². The Bertz CT molecular complexity index is 318. The highest BCUT2D eigenvalue weighted by Crippen LogP contribution is 2.23. The minimum atomic E-state index is 0.531. The molecule has 2 rings (SSSR count). The van der Waals surface area contributed by atoms with Crippen molar-refractivity contribution in [3.63, 3.8) is 0 Å². The molecule has 1 N–H and O–H groups in total. The summed E-state index contributed by atoms with van der Waals surface area (Å²) < 4.78 is 2.32. The maximum absolute atomic E-state index is 4.30. The van der Waals surface area contributed by atoms with Gasteiger partial charge in [-0.1, -0.05) is 6.92 Å². The molecule has 0 amide bonds. The molecule has 16 heavy (non-hydrogen) atoms. The van der Waals surface area contributed by atoms with E-state index in [1.807, 2.05) is 24.3 Å². The molecule has 0 radical (unpaired) electrons. The maximum Gasteiger partial charge on any atom is 0.0948 e. The lowest BCUT2D eigenvalue weighted by Gasteiger charge is -2.17. The van der Waals surface area contributed by atoms with Crippen LogP contribution in [-0.4, -0.2) is 28.1 Å². The van der Waals surface area contributed by atoms with Crippen molar-refractivity contribution in [2.24, 2.45) is 5.92 Å². The van der Waals surface area contributed by atoms with Crippen LogP contribution in [-0.2, 0) is 6.54 Å². The summed E-state index contributed by atoms with van der Waals surface area (Å²) in [4.78, 5) is 4.30. The van der Waals surface area contributed by atoms with Gasteiger partial charge in [-0.15, -0.1) is 0 Å². The summed E-state index contributed by atoms with van der Waals surface area (Å²) in [7, 11) is 0. The van der Waals surface area contributed by atoms with Gasteiger partial charge in [-0.2, -0.15) is 11.8 Å². The summed E-state index contributed by atoms with van der Waals surface area (Å²) in [6, 6.07) is 0.531. The van der Waals surface area contributed by atoms with Crippen molar-refractivity contribution in [1.29, 1.82) is 0 Å². The van der Waals surface area contributed by atoms with Crippen molar-refractivity contribution in [3.05, 3.63) is 18.2 Å². The fourth-order valence-electron chi connectivity index (χ4n) is 2.38. The Morgan fingerprint density at radius 1 is 1.69 bits per heavy atom. The Labute approximate surface area is 102 Å². The molecule has 2 heterocycles. The summed E-state index contributed by atoms with van der Waals surface area (Å²) in [5, 5.41) is 3.54. The molecular weight excluding hydrogens is 218 g/mol. The van der Waals surface area contributed by atoms with Gasteiger partial charge in [-0.05, 0) is 37.3 Å². The predicted octanol–water partition coefficient (Wildman–Crippen LogP) is 2.31. The molecule has 1 aromatic heterocycles. The zero-order valence-electron chi connectivity index (χ0n) is 10.1. The molecule has 2 atom stereocenters. The zero-order valence-corrected chi connectivity index (χ0v) is 11.0. The van der Waals surface area contributed by atoms with Gasteiger partial charge in [-0.3, -0.25) is 0 Å². The highest BCUT2D eigenvalue weighted by atomic mass is 32.2. The Morgan fingerprint density at radius 2 is 2.56 bits per heavy atom. The molecule has 4 heteroatoms. The molecular formula is C12H21N3S. The van der Waals surface area contributed by atoms with Gasteiger partial charge < -0.3 is 9.88 Å². The summed E-state index contributed by atoms with van der Waals surface area (Å²) in [5.41, 5.74) is 1.37. The smallest absolute Gasteiger partial charge is 0.0948 e. The predicted molar refractivity (Wildman–Crippen MR) is 69.8 cm³/mol. The lowest BCUT2D eigenvalue weighted by molar-refractivity contribution is 0.489. The first kappa shape index (κ1) is 12.0. The van der Waals surface area contributed by atoms with Crippen LogP contribution in [0.4, 0.5) is 0 Å². The summed E-state index contributed by atoms with van der Waals surface area (Å²) in [5.74, 6) is 1.93. The van der Waals surface area contributed by atoms with E-state index in [9.17, 15) is 0 Å². The molecule has 3 nitrogen and oxygen atoms in total. The summed E-state index contributed by atoms with van der Waals surface area (Å²) >= 11 is 1.92. The average Bonchev–Trinajstić information content (AvgIpc) is 2.86. The molecule has 90 valence electrons. The van der Waals surface area contributed by atoms with E-state index in [-0.39, 0.29) is 0 Å². The van der Waals surface area contributed by atoms with Crippen molar-refractivity contribution in [1.82, 2.24) is 14.9 Å². The number of nitrogens with zero attached hydrogens (tertiary/aromatic N) is 2. The van der Waals surface area contributed by atoms with E-state index >= 15 is 0 Å². The molecule has 1 aromatic rings. The first-order chi connectivity index (χ1) is 7.81. The van der Waals surface area contributed by atoms with Gasteiger partial charge in [-0.25, -0.2) is 4.98 Å². The van der Waals surface area contributed by atoms with E-state index in [1.54, 1.807) is 0 Å². The first-order valence-electron chi connectivity index (χ1n) is 6.03. The van der Waals surface area contributed by atoms with Crippen molar-refractivity contribution in [3.8, 4) is 0 Å². The lowest BCUT2D eigenvalue weighted by atomic mass is 10.1. The number of hydrogen-bond acceptors (Lipinski definition) is 3. The first-order valence-corrected chi connectivity index (χ1v) is 7.43. The lowest BCUT2D eigenvalue weighted by Crippen LogP contribution is -2.19. The van der Waals surface area contributed by atoms with E-state index in [4.69, 9.17) is 0 Å². The second kappa shape index (κ2) is 5.73. The fourth-order valence-corrected chi connectivity index (χ4v) is 3.06. The Balaban J connectivity index is 2.00. The van der Waals surface area contributed by atoms with Gasteiger partial charge in [0.1, 0.15) is 0 Å². The number of hydrogen-bond donors (Lipinski definition) is 1. The van der Waals surface area contributed by atoms with E-state index in [0.717, 1.165) is 13.1 Å². The molecule has 0 aliphatic carbocycles. The molecule has 1 fully saturated rings. The number of imidazole rings is 1. The van der Waals surface area contributed by atoms with E-state index in [0.29, 0.717) is 12.0 Å². The highest BCUT2D eigenvalue weighted by molar-refractivity contribution is 7.98. The van der Waals surface area contributed by atoms with Crippen LogP contribution in [0.15, 0.2) is 12.5 Å². The number of aromatic nitrogens is 2. The van der Waals surface area contributed by atoms with Gasteiger partial charge in [0.2, 0.25) is 0 Å². The van der Waals surface area contributed by atoms with E-state index < -0.39 is 0 Å². The SMILES string of the molecule is CSCC(C)Cn1cncc1[C@@H]1CCCN1. The van der Waals surface area contributed by atoms with Crippen molar-refractivity contribution in [2.45, 2.75) is 32.4 Å². The normalized spacial score (nSPS) is 22.5. The highest BCUT2D eigenvalue weighted by Gasteiger charge is 2.20. The van der Waals surface area contributed by atoms with Crippen molar-refractivity contribution < 1.29 is 0 Å².